The van der Waals surface area contributed by atoms with E-state index in [0.29, 0.717) is 45.1 Å². The minimum Gasteiger partial charge on any atom is -0.441 e. The van der Waals surface area contributed by atoms with Crippen molar-refractivity contribution >= 4 is 22.2 Å². The van der Waals surface area contributed by atoms with E-state index in [-0.39, 0.29) is 11.1 Å². The summed E-state index contributed by atoms with van der Waals surface area (Å²) in [6.07, 6.45) is -4.52. The topological polar surface area (TPSA) is 52.1 Å². The van der Waals surface area contributed by atoms with E-state index in [1.165, 1.54) is 12.1 Å². The standard InChI is InChI=1S/C26H21F3N2O2/c1-13-6-5-7-17(8-13)25-31-21-12-19(15(3)10-23(21)33-25)24(26(27,28)29)18-11-20-22(9-14(18)2)32-16(4)30-20/h5-12,24H,1-4H3. The summed E-state index contributed by atoms with van der Waals surface area (Å²) < 4.78 is 54.8. The smallest absolute Gasteiger partial charge is 0.399 e. The van der Waals surface area contributed by atoms with Crippen LogP contribution < -0.4 is 0 Å². The minimum absolute atomic E-state index is 0.141. The highest BCUT2D eigenvalue weighted by atomic mass is 19.4. The Kier molecular flexibility index (Phi) is 4.81. The second-order valence-electron chi connectivity index (χ2n) is 8.45. The monoisotopic (exact) mass is 450 g/mol. The molecule has 2 heterocycles. The quantitative estimate of drug-likeness (QED) is 0.285. The number of rotatable bonds is 3. The van der Waals surface area contributed by atoms with Gasteiger partial charge in [0.15, 0.2) is 17.1 Å². The Morgan fingerprint density at radius 3 is 1.97 bits per heavy atom. The first-order chi connectivity index (χ1) is 15.6. The lowest BCUT2D eigenvalue weighted by atomic mass is 9.85. The second kappa shape index (κ2) is 7.47. The molecule has 0 bridgehead atoms. The molecule has 0 fully saturated rings. The molecule has 0 saturated carbocycles. The van der Waals surface area contributed by atoms with Crippen LogP contribution in [-0.4, -0.2) is 16.1 Å². The van der Waals surface area contributed by atoms with E-state index in [4.69, 9.17) is 8.83 Å². The molecule has 1 atom stereocenters. The average Bonchev–Trinajstić information content (AvgIpc) is 3.29. The lowest BCUT2D eigenvalue weighted by molar-refractivity contribution is -0.141. The first kappa shape index (κ1) is 21.2. The van der Waals surface area contributed by atoms with E-state index in [1.54, 1.807) is 32.9 Å². The summed E-state index contributed by atoms with van der Waals surface area (Å²) in [4.78, 5) is 8.73. The highest BCUT2D eigenvalue weighted by Gasteiger charge is 2.43. The molecule has 7 heteroatoms. The Labute approximate surface area is 188 Å². The van der Waals surface area contributed by atoms with Gasteiger partial charge in [0.05, 0.1) is 0 Å². The van der Waals surface area contributed by atoms with Crippen molar-refractivity contribution in [3.8, 4) is 11.5 Å². The van der Waals surface area contributed by atoms with E-state index >= 15 is 0 Å². The van der Waals surface area contributed by atoms with Gasteiger partial charge in [-0.05, 0) is 79.4 Å². The Bertz CT molecular complexity index is 1510. The number of aromatic nitrogens is 2. The molecule has 4 nitrogen and oxygen atoms in total. The zero-order valence-electron chi connectivity index (χ0n) is 18.5. The fourth-order valence-corrected chi connectivity index (χ4v) is 4.34. The summed E-state index contributed by atoms with van der Waals surface area (Å²) in [5, 5.41) is 0. The predicted molar refractivity (Wildman–Crippen MR) is 120 cm³/mol. The third kappa shape index (κ3) is 3.77. The van der Waals surface area contributed by atoms with Crippen molar-refractivity contribution in [1.82, 2.24) is 9.97 Å². The number of oxazole rings is 2. The number of nitrogens with zero attached hydrogens (tertiary/aromatic N) is 2. The minimum atomic E-state index is -4.52. The summed E-state index contributed by atoms with van der Waals surface area (Å²) in [5.41, 5.74) is 4.79. The fraction of sp³-hybridized carbons (Fsp3) is 0.231. The van der Waals surface area contributed by atoms with Crippen LogP contribution in [0.3, 0.4) is 0 Å². The molecule has 0 radical (unpaired) electrons. The van der Waals surface area contributed by atoms with Crippen LogP contribution in [0.15, 0.2) is 57.4 Å². The van der Waals surface area contributed by atoms with Gasteiger partial charge in [-0.1, -0.05) is 17.7 Å². The van der Waals surface area contributed by atoms with Gasteiger partial charge in [0.1, 0.15) is 17.0 Å². The Hall–Kier alpha value is -3.61. The molecule has 5 rings (SSSR count). The summed E-state index contributed by atoms with van der Waals surface area (Å²) in [5.74, 6) is -1.04. The molecule has 0 spiro atoms. The van der Waals surface area contributed by atoms with Gasteiger partial charge < -0.3 is 8.83 Å². The summed E-state index contributed by atoms with van der Waals surface area (Å²) in [6, 6.07) is 13.8. The largest absolute Gasteiger partial charge is 0.441 e. The van der Waals surface area contributed by atoms with Crippen LogP contribution in [0.4, 0.5) is 13.2 Å². The third-order valence-corrected chi connectivity index (χ3v) is 5.87. The third-order valence-electron chi connectivity index (χ3n) is 5.87. The molecular formula is C26H21F3N2O2. The number of aryl methyl sites for hydroxylation is 4. The van der Waals surface area contributed by atoms with Crippen molar-refractivity contribution in [3.05, 3.63) is 82.2 Å². The Balaban J connectivity index is 1.69. The number of hydrogen-bond donors (Lipinski definition) is 0. The van der Waals surface area contributed by atoms with Crippen LogP contribution in [-0.2, 0) is 0 Å². The lowest BCUT2D eigenvalue weighted by Gasteiger charge is -2.24. The molecule has 1 unspecified atom stereocenters. The van der Waals surface area contributed by atoms with E-state index in [1.807, 2.05) is 31.2 Å². The number of benzene rings is 3. The van der Waals surface area contributed by atoms with E-state index in [0.717, 1.165) is 11.1 Å². The molecule has 0 aliphatic rings. The van der Waals surface area contributed by atoms with E-state index < -0.39 is 12.1 Å². The summed E-state index contributed by atoms with van der Waals surface area (Å²) in [7, 11) is 0. The van der Waals surface area contributed by atoms with Gasteiger partial charge >= 0.3 is 6.18 Å². The molecule has 168 valence electrons. The van der Waals surface area contributed by atoms with Crippen molar-refractivity contribution in [3.63, 3.8) is 0 Å². The Morgan fingerprint density at radius 1 is 0.758 bits per heavy atom. The van der Waals surface area contributed by atoms with Gasteiger partial charge in [-0.3, -0.25) is 0 Å². The van der Waals surface area contributed by atoms with Crippen LogP contribution in [0.2, 0.25) is 0 Å². The lowest BCUT2D eigenvalue weighted by Crippen LogP contribution is -2.23. The van der Waals surface area contributed by atoms with Crippen LogP contribution in [0.1, 0.15) is 39.6 Å². The molecule has 3 aromatic carbocycles. The maximum absolute atomic E-state index is 14.5. The van der Waals surface area contributed by atoms with Gasteiger partial charge in [-0.15, -0.1) is 0 Å². The van der Waals surface area contributed by atoms with Gasteiger partial charge in [0.2, 0.25) is 5.89 Å². The van der Waals surface area contributed by atoms with Crippen LogP contribution >= 0.6 is 0 Å². The second-order valence-corrected chi connectivity index (χ2v) is 8.45. The number of hydrogen-bond acceptors (Lipinski definition) is 4. The van der Waals surface area contributed by atoms with Crippen molar-refractivity contribution in [1.29, 1.82) is 0 Å². The van der Waals surface area contributed by atoms with Crippen molar-refractivity contribution < 1.29 is 22.0 Å². The van der Waals surface area contributed by atoms with Crippen molar-refractivity contribution in [2.24, 2.45) is 0 Å². The van der Waals surface area contributed by atoms with Gasteiger partial charge in [-0.25, -0.2) is 9.97 Å². The zero-order valence-corrected chi connectivity index (χ0v) is 18.5. The zero-order chi connectivity index (χ0) is 23.5. The van der Waals surface area contributed by atoms with E-state index in [9.17, 15) is 13.2 Å². The molecular weight excluding hydrogens is 429 g/mol. The van der Waals surface area contributed by atoms with Gasteiger partial charge in [0.25, 0.3) is 0 Å². The predicted octanol–water partition coefficient (Wildman–Crippen LogP) is 7.56. The molecule has 2 aromatic heterocycles. The fourth-order valence-electron chi connectivity index (χ4n) is 4.34. The van der Waals surface area contributed by atoms with E-state index in [2.05, 4.69) is 9.97 Å². The molecule has 0 saturated heterocycles. The van der Waals surface area contributed by atoms with Crippen molar-refractivity contribution in [2.75, 3.05) is 0 Å². The first-order valence-corrected chi connectivity index (χ1v) is 10.5. The van der Waals surface area contributed by atoms with Gasteiger partial charge in [-0.2, -0.15) is 13.2 Å². The Morgan fingerprint density at radius 2 is 1.36 bits per heavy atom. The highest BCUT2D eigenvalue weighted by molar-refractivity contribution is 5.79. The SMILES string of the molecule is Cc1cccc(-c2nc3cc(C(c4cc5nc(C)oc5cc4C)C(F)(F)F)c(C)cc3o2)c1. The normalized spacial score (nSPS) is 13.2. The first-order valence-electron chi connectivity index (χ1n) is 10.5. The highest BCUT2D eigenvalue weighted by Crippen LogP contribution is 2.44. The van der Waals surface area contributed by atoms with Gasteiger partial charge in [0, 0.05) is 12.5 Å². The number of alkyl halides is 3. The molecule has 33 heavy (non-hydrogen) atoms. The maximum atomic E-state index is 14.5. The number of halogens is 3. The molecule has 0 aliphatic heterocycles. The maximum Gasteiger partial charge on any atom is 0.399 e. The molecule has 5 aromatic rings. The summed E-state index contributed by atoms with van der Waals surface area (Å²) in [6.45, 7) is 6.95. The molecule has 0 N–H and O–H groups in total. The number of fused-ring (bicyclic) bond motifs is 2. The van der Waals surface area contributed by atoms with Crippen LogP contribution in [0, 0.1) is 27.7 Å². The molecule has 0 amide bonds. The summed E-state index contributed by atoms with van der Waals surface area (Å²) >= 11 is 0. The van der Waals surface area contributed by atoms with Crippen LogP contribution in [0.25, 0.3) is 33.7 Å². The average molecular weight is 450 g/mol. The van der Waals surface area contributed by atoms with Crippen LogP contribution in [0.5, 0.6) is 0 Å². The molecule has 0 aliphatic carbocycles. The van der Waals surface area contributed by atoms with Crippen molar-refractivity contribution in [2.45, 2.75) is 39.8 Å².